The van der Waals surface area contributed by atoms with E-state index in [4.69, 9.17) is 0 Å². The summed E-state index contributed by atoms with van der Waals surface area (Å²) in [4.78, 5) is 0. The number of aromatic hydroxyl groups is 2. The Balaban J connectivity index is 1.84. The highest BCUT2D eigenvalue weighted by Gasteiger charge is 2.23. The van der Waals surface area contributed by atoms with Gasteiger partial charge in [-0.05, 0) is 58.7 Å². The Morgan fingerprint density at radius 3 is 2.31 bits per heavy atom. The van der Waals surface area contributed by atoms with Gasteiger partial charge in [-0.15, -0.1) is 0 Å². The molecule has 0 fully saturated rings. The summed E-state index contributed by atoms with van der Waals surface area (Å²) < 4.78 is 0. The molecule has 0 aliphatic heterocycles. The fourth-order valence-electron chi connectivity index (χ4n) is 4.09. The monoisotopic (exact) mass is 344 g/mol. The fraction of sp³-hybridized carbons (Fsp3) is 0.250. The molecule has 3 aromatic carbocycles. The molecular formula is C24H24O2. The lowest BCUT2D eigenvalue weighted by Gasteiger charge is -2.16. The standard InChI is InChI=1S/C24H24O2/c1-2-3-4-10-21-20(13-14-23(25)24(21)26)19-12-7-11-18-17-9-6-5-8-16(17)15-22(18)19/h5-9,11-14,25-26H,2-4,10,15H2,1H3. The van der Waals surface area contributed by atoms with Gasteiger partial charge in [0.15, 0.2) is 11.5 Å². The van der Waals surface area contributed by atoms with Gasteiger partial charge in [-0.25, -0.2) is 0 Å². The van der Waals surface area contributed by atoms with Crippen LogP contribution in [0, 0.1) is 0 Å². The Labute approximate surface area is 154 Å². The molecule has 0 amide bonds. The van der Waals surface area contributed by atoms with Crippen LogP contribution in [0.4, 0.5) is 0 Å². The summed E-state index contributed by atoms with van der Waals surface area (Å²) in [6, 6.07) is 18.5. The van der Waals surface area contributed by atoms with Crippen LogP contribution in [0.25, 0.3) is 22.3 Å². The quantitative estimate of drug-likeness (QED) is 0.341. The first-order chi connectivity index (χ1) is 12.7. The number of fused-ring (bicyclic) bond motifs is 3. The van der Waals surface area contributed by atoms with Gasteiger partial charge in [0.05, 0.1) is 0 Å². The summed E-state index contributed by atoms with van der Waals surface area (Å²) in [7, 11) is 0. The molecule has 0 unspecified atom stereocenters. The predicted molar refractivity (Wildman–Crippen MR) is 107 cm³/mol. The number of phenolic OH excluding ortho intramolecular Hbond substituents is 2. The van der Waals surface area contributed by atoms with Crippen molar-refractivity contribution in [1.29, 1.82) is 0 Å². The lowest BCUT2D eigenvalue weighted by atomic mass is 9.90. The average molecular weight is 344 g/mol. The van der Waals surface area contributed by atoms with Crippen molar-refractivity contribution in [3.8, 4) is 33.8 Å². The summed E-state index contributed by atoms with van der Waals surface area (Å²) in [5.74, 6) is 0.00262. The van der Waals surface area contributed by atoms with Crippen LogP contribution in [0.1, 0.15) is 42.9 Å². The Bertz CT molecular complexity index is 956. The Hall–Kier alpha value is -2.74. The van der Waals surface area contributed by atoms with E-state index in [-0.39, 0.29) is 11.5 Å². The Kier molecular flexibility index (Phi) is 4.42. The highest BCUT2D eigenvalue weighted by atomic mass is 16.3. The molecule has 26 heavy (non-hydrogen) atoms. The van der Waals surface area contributed by atoms with E-state index < -0.39 is 0 Å². The third-order valence-electron chi connectivity index (χ3n) is 5.43. The Morgan fingerprint density at radius 2 is 1.50 bits per heavy atom. The van der Waals surface area contributed by atoms with Crippen LogP contribution in [-0.4, -0.2) is 10.2 Å². The molecule has 132 valence electrons. The minimum absolute atomic E-state index is 0.0314. The number of benzene rings is 3. The van der Waals surface area contributed by atoms with Crippen LogP contribution in [0.5, 0.6) is 11.5 Å². The highest BCUT2D eigenvalue weighted by Crippen LogP contribution is 2.44. The SMILES string of the molecule is CCCCCc1c(-c2cccc3c2Cc2ccccc2-3)ccc(O)c1O. The van der Waals surface area contributed by atoms with Gasteiger partial charge >= 0.3 is 0 Å². The van der Waals surface area contributed by atoms with Gasteiger partial charge in [0, 0.05) is 5.56 Å². The van der Waals surface area contributed by atoms with E-state index in [1.165, 1.54) is 27.8 Å². The molecule has 0 heterocycles. The van der Waals surface area contributed by atoms with Gasteiger partial charge in [0.2, 0.25) is 0 Å². The number of hydrogen-bond donors (Lipinski definition) is 2. The van der Waals surface area contributed by atoms with Crippen molar-refractivity contribution in [2.45, 2.75) is 39.0 Å². The molecule has 0 saturated carbocycles. The highest BCUT2D eigenvalue weighted by molar-refractivity contribution is 5.86. The van der Waals surface area contributed by atoms with Crippen molar-refractivity contribution < 1.29 is 10.2 Å². The lowest BCUT2D eigenvalue weighted by molar-refractivity contribution is 0.399. The van der Waals surface area contributed by atoms with Crippen molar-refractivity contribution in [3.63, 3.8) is 0 Å². The van der Waals surface area contributed by atoms with Crippen molar-refractivity contribution in [1.82, 2.24) is 0 Å². The lowest BCUT2D eigenvalue weighted by Crippen LogP contribution is -1.95. The van der Waals surface area contributed by atoms with E-state index in [0.717, 1.165) is 43.2 Å². The second-order valence-corrected chi connectivity index (χ2v) is 7.08. The minimum Gasteiger partial charge on any atom is -0.504 e. The van der Waals surface area contributed by atoms with Gasteiger partial charge in [0.25, 0.3) is 0 Å². The van der Waals surface area contributed by atoms with Crippen molar-refractivity contribution in [3.05, 3.63) is 71.3 Å². The van der Waals surface area contributed by atoms with Crippen LogP contribution < -0.4 is 0 Å². The zero-order valence-corrected chi connectivity index (χ0v) is 15.1. The molecule has 0 spiro atoms. The molecular weight excluding hydrogens is 320 g/mol. The summed E-state index contributed by atoms with van der Waals surface area (Å²) in [5.41, 5.74) is 8.33. The van der Waals surface area contributed by atoms with E-state index in [1.807, 2.05) is 6.07 Å². The first-order valence-electron chi connectivity index (χ1n) is 9.45. The molecule has 0 aromatic heterocycles. The van der Waals surface area contributed by atoms with E-state index in [1.54, 1.807) is 6.07 Å². The maximum atomic E-state index is 10.5. The average Bonchev–Trinajstić information content (AvgIpc) is 3.04. The van der Waals surface area contributed by atoms with Crippen molar-refractivity contribution in [2.75, 3.05) is 0 Å². The van der Waals surface area contributed by atoms with E-state index in [0.29, 0.717) is 0 Å². The second-order valence-electron chi connectivity index (χ2n) is 7.08. The van der Waals surface area contributed by atoms with Crippen molar-refractivity contribution in [2.24, 2.45) is 0 Å². The summed E-state index contributed by atoms with van der Waals surface area (Å²) in [6.07, 6.45) is 4.95. The van der Waals surface area contributed by atoms with Crippen LogP contribution >= 0.6 is 0 Å². The van der Waals surface area contributed by atoms with Crippen LogP contribution in [0.15, 0.2) is 54.6 Å². The predicted octanol–water partition coefficient (Wildman–Crippen LogP) is 6.07. The zero-order valence-electron chi connectivity index (χ0n) is 15.1. The van der Waals surface area contributed by atoms with Crippen LogP contribution in [0.2, 0.25) is 0 Å². The fourth-order valence-corrected chi connectivity index (χ4v) is 4.09. The largest absolute Gasteiger partial charge is 0.504 e. The molecule has 2 heteroatoms. The topological polar surface area (TPSA) is 40.5 Å². The number of rotatable bonds is 5. The Morgan fingerprint density at radius 1 is 0.769 bits per heavy atom. The van der Waals surface area contributed by atoms with E-state index in [2.05, 4.69) is 49.4 Å². The third kappa shape index (κ3) is 2.76. The molecule has 2 nitrogen and oxygen atoms in total. The second kappa shape index (κ2) is 6.87. The summed E-state index contributed by atoms with van der Waals surface area (Å²) >= 11 is 0. The smallest absolute Gasteiger partial charge is 0.161 e. The van der Waals surface area contributed by atoms with Gasteiger partial charge in [-0.1, -0.05) is 68.3 Å². The van der Waals surface area contributed by atoms with Gasteiger partial charge < -0.3 is 10.2 Å². The van der Waals surface area contributed by atoms with E-state index >= 15 is 0 Å². The molecule has 0 atom stereocenters. The number of hydrogen-bond acceptors (Lipinski definition) is 2. The number of unbranched alkanes of at least 4 members (excludes halogenated alkanes) is 2. The maximum Gasteiger partial charge on any atom is 0.161 e. The van der Waals surface area contributed by atoms with Gasteiger partial charge in [-0.3, -0.25) is 0 Å². The molecule has 1 aliphatic carbocycles. The minimum atomic E-state index is -0.0314. The first-order valence-corrected chi connectivity index (χ1v) is 9.45. The molecule has 4 rings (SSSR count). The molecule has 2 N–H and O–H groups in total. The maximum absolute atomic E-state index is 10.5. The van der Waals surface area contributed by atoms with E-state index in [9.17, 15) is 10.2 Å². The molecule has 3 aromatic rings. The molecule has 0 radical (unpaired) electrons. The summed E-state index contributed by atoms with van der Waals surface area (Å²) in [5, 5.41) is 20.5. The molecule has 0 bridgehead atoms. The van der Waals surface area contributed by atoms with Gasteiger partial charge in [0.1, 0.15) is 0 Å². The zero-order chi connectivity index (χ0) is 18.1. The molecule has 0 saturated heterocycles. The normalized spacial score (nSPS) is 12.0. The van der Waals surface area contributed by atoms with Crippen LogP contribution in [0.3, 0.4) is 0 Å². The first kappa shape index (κ1) is 16.7. The van der Waals surface area contributed by atoms with Gasteiger partial charge in [-0.2, -0.15) is 0 Å². The molecule has 1 aliphatic rings. The van der Waals surface area contributed by atoms with Crippen LogP contribution in [-0.2, 0) is 12.8 Å². The third-order valence-corrected chi connectivity index (χ3v) is 5.43. The van der Waals surface area contributed by atoms with Crippen molar-refractivity contribution >= 4 is 0 Å². The number of phenols is 2. The summed E-state index contributed by atoms with van der Waals surface area (Å²) in [6.45, 7) is 2.17.